The number of carbonyl (C=O) groups is 1. The van der Waals surface area contributed by atoms with E-state index in [2.05, 4.69) is 56.5 Å². The van der Waals surface area contributed by atoms with Crippen molar-refractivity contribution < 1.29 is 38.0 Å². The molecule has 0 aromatic carbocycles. The number of ether oxygens (including phenoxy) is 5. The molecule has 0 saturated carbocycles. The Kier molecular flexibility index (Phi) is 10.1. The number of alkyl halides is 2. The van der Waals surface area contributed by atoms with Gasteiger partial charge in [-0.25, -0.2) is 0 Å². The lowest BCUT2D eigenvalue weighted by atomic mass is 9.88. The number of hydrogen-bond donors (Lipinski definition) is 1. The summed E-state index contributed by atoms with van der Waals surface area (Å²) in [6.07, 6.45) is -3.47. The van der Waals surface area contributed by atoms with Gasteiger partial charge < -0.3 is 33.2 Å². The van der Waals surface area contributed by atoms with Crippen molar-refractivity contribution in [1.29, 1.82) is 0 Å². The largest absolute Gasteiger partial charge is 0.435 e. The minimum Gasteiger partial charge on any atom is -0.435 e. The van der Waals surface area contributed by atoms with Crippen LogP contribution in [0.25, 0.3) is 0 Å². The number of halogens is 2. The minimum absolute atomic E-state index is 0.0560. The summed E-state index contributed by atoms with van der Waals surface area (Å²) in [5.41, 5.74) is -1.32. The van der Waals surface area contributed by atoms with Gasteiger partial charge in [0.15, 0.2) is 14.6 Å². The molecular formula is C22H40I2O8Si. The predicted molar refractivity (Wildman–Crippen MR) is 144 cm³/mol. The molecule has 2 aliphatic heterocycles. The third-order valence-corrected chi connectivity index (χ3v) is 14.5. The lowest BCUT2D eigenvalue weighted by Gasteiger charge is -2.51. The third-order valence-electron chi connectivity index (χ3n) is 6.93. The van der Waals surface area contributed by atoms with Crippen LogP contribution in [-0.2, 0) is 32.9 Å². The van der Waals surface area contributed by atoms with E-state index in [1.165, 1.54) is 6.92 Å². The summed E-state index contributed by atoms with van der Waals surface area (Å²) in [5, 5.41) is 11.4. The molecule has 33 heavy (non-hydrogen) atoms. The molecular weight excluding hydrogens is 674 g/mol. The maximum absolute atomic E-state index is 11.5. The Morgan fingerprint density at radius 2 is 1.61 bits per heavy atom. The molecule has 0 radical (unpaired) electrons. The van der Waals surface area contributed by atoms with E-state index in [1.807, 2.05) is 29.5 Å². The normalized spacial score (nSPS) is 42.8. The first-order valence-corrected chi connectivity index (χ1v) is 16.7. The van der Waals surface area contributed by atoms with E-state index in [1.54, 1.807) is 21.0 Å². The zero-order chi connectivity index (χ0) is 25.5. The molecule has 0 aliphatic carbocycles. The van der Waals surface area contributed by atoms with E-state index < -0.39 is 48.6 Å². The van der Waals surface area contributed by atoms with Gasteiger partial charge in [0.25, 0.3) is 0 Å². The quantitative estimate of drug-likeness (QED) is 0.190. The Labute approximate surface area is 226 Å². The molecule has 0 aromatic heterocycles. The van der Waals surface area contributed by atoms with Gasteiger partial charge in [-0.3, -0.25) is 4.79 Å². The maximum atomic E-state index is 11.5. The first-order chi connectivity index (χ1) is 14.9. The van der Waals surface area contributed by atoms with Gasteiger partial charge in [-0.05, 0) is 38.9 Å². The van der Waals surface area contributed by atoms with E-state index in [9.17, 15) is 9.90 Å². The summed E-state index contributed by atoms with van der Waals surface area (Å²) >= 11 is 4.33. The maximum Gasteiger partial charge on any atom is 0.304 e. The van der Waals surface area contributed by atoms with Crippen LogP contribution in [0.15, 0.2) is 0 Å². The highest BCUT2D eigenvalue weighted by atomic mass is 127. The SMILES string of the molecule is CO[C@@H]1[C@@H](I)[C@H](O[C@H]2[C@H](C)O[C@H](OC(C)=O)[C@H](I)[C@]2(C)O)O[C@H](C)[C@H]1O[Si](C)(C)C(C)(C)C. The minimum atomic E-state index is -2.06. The standard InChI is InChI=1S/C22H40I2O8Si/c1-11-15(32-33(9,10)21(4,5)6)16(27-8)14(23)19(28-11)31-18-12(2)29-20(30-13(3)25)17(24)22(18,7)26/h11-12,14-20,26H,1-10H3/t11-,12+,14-,15-,16-,17+,18+,19+,20-,22+/m1/s1. The zero-order valence-electron chi connectivity index (χ0n) is 21.3. The van der Waals surface area contributed by atoms with E-state index in [0.717, 1.165) is 0 Å². The first-order valence-electron chi connectivity index (χ1n) is 11.3. The van der Waals surface area contributed by atoms with Crippen LogP contribution >= 0.6 is 45.2 Å². The van der Waals surface area contributed by atoms with Crippen molar-refractivity contribution in [1.82, 2.24) is 0 Å². The summed E-state index contributed by atoms with van der Waals surface area (Å²) in [6.45, 7) is 17.8. The Morgan fingerprint density at radius 3 is 2.09 bits per heavy atom. The van der Waals surface area contributed by atoms with E-state index >= 15 is 0 Å². The van der Waals surface area contributed by atoms with Gasteiger partial charge >= 0.3 is 5.97 Å². The number of aliphatic hydroxyl groups is 1. The fourth-order valence-electron chi connectivity index (χ4n) is 3.92. The molecule has 2 rings (SSSR count). The summed E-state index contributed by atoms with van der Waals surface area (Å²) in [6, 6.07) is 0. The Hall–Kier alpha value is 0.907. The van der Waals surface area contributed by atoms with Crippen LogP contribution in [0.3, 0.4) is 0 Å². The molecule has 0 bridgehead atoms. The molecule has 0 unspecified atom stereocenters. The molecule has 1 N–H and O–H groups in total. The highest BCUT2D eigenvalue weighted by molar-refractivity contribution is 14.1. The van der Waals surface area contributed by atoms with Gasteiger partial charge in [-0.15, -0.1) is 0 Å². The van der Waals surface area contributed by atoms with Gasteiger partial charge in [0, 0.05) is 14.0 Å². The van der Waals surface area contributed by atoms with Crippen molar-refractivity contribution in [3.8, 4) is 0 Å². The highest BCUT2D eigenvalue weighted by Crippen LogP contribution is 2.43. The van der Waals surface area contributed by atoms with Crippen molar-refractivity contribution in [2.45, 2.75) is 123 Å². The fraction of sp³-hybridized carbons (Fsp3) is 0.955. The van der Waals surface area contributed by atoms with Crippen molar-refractivity contribution in [2.75, 3.05) is 7.11 Å². The third kappa shape index (κ3) is 6.62. The summed E-state index contributed by atoms with van der Waals surface area (Å²) < 4.78 is 35.7. The summed E-state index contributed by atoms with van der Waals surface area (Å²) in [7, 11) is -0.376. The Morgan fingerprint density at radius 1 is 1.06 bits per heavy atom. The molecule has 2 fully saturated rings. The van der Waals surface area contributed by atoms with Gasteiger partial charge in [0.05, 0.1) is 22.2 Å². The van der Waals surface area contributed by atoms with Crippen molar-refractivity contribution in [3.63, 3.8) is 0 Å². The van der Waals surface area contributed by atoms with Crippen LogP contribution in [0.4, 0.5) is 0 Å². The molecule has 10 atom stereocenters. The van der Waals surface area contributed by atoms with Gasteiger partial charge in [0.1, 0.15) is 21.7 Å². The zero-order valence-corrected chi connectivity index (χ0v) is 26.6. The van der Waals surface area contributed by atoms with E-state index in [4.69, 9.17) is 28.1 Å². The monoisotopic (exact) mass is 714 g/mol. The number of carbonyl (C=O) groups excluding carboxylic acids is 1. The van der Waals surface area contributed by atoms with Crippen LogP contribution < -0.4 is 0 Å². The molecule has 2 heterocycles. The number of methoxy groups -OCH3 is 1. The Bertz CT molecular complexity index is 686. The van der Waals surface area contributed by atoms with E-state index in [-0.39, 0.29) is 27.3 Å². The Balaban J connectivity index is 2.20. The second-order valence-electron chi connectivity index (χ2n) is 10.7. The second kappa shape index (κ2) is 11.1. The molecule has 0 aromatic rings. The second-order valence-corrected chi connectivity index (χ2v) is 18.2. The number of esters is 1. The molecule has 2 saturated heterocycles. The predicted octanol–water partition coefficient (Wildman–Crippen LogP) is 4.19. The molecule has 8 nitrogen and oxygen atoms in total. The summed E-state index contributed by atoms with van der Waals surface area (Å²) in [5.74, 6) is -0.462. The van der Waals surface area contributed by atoms with Gasteiger partial charge in [0.2, 0.25) is 6.29 Å². The van der Waals surface area contributed by atoms with Crippen LogP contribution in [0.1, 0.15) is 48.5 Å². The lowest BCUT2D eigenvalue weighted by Crippen LogP contribution is -2.66. The van der Waals surface area contributed by atoms with Crippen LogP contribution in [0.5, 0.6) is 0 Å². The van der Waals surface area contributed by atoms with Crippen molar-refractivity contribution in [2.24, 2.45) is 0 Å². The molecule has 0 amide bonds. The van der Waals surface area contributed by atoms with Crippen LogP contribution in [-0.4, -0.2) is 83.1 Å². The topological polar surface area (TPSA) is 92.7 Å². The van der Waals surface area contributed by atoms with Crippen LogP contribution in [0, 0.1) is 0 Å². The average molecular weight is 714 g/mol. The highest BCUT2D eigenvalue weighted by Gasteiger charge is 2.56. The first kappa shape index (κ1) is 30.1. The number of hydrogen-bond acceptors (Lipinski definition) is 8. The molecule has 0 spiro atoms. The van der Waals surface area contributed by atoms with Gasteiger partial charge in [-0.1, -0.05) is 66.0 Å². The molecule has 194 valence electrons. The lowest BCUT2D eigenvalue weighted by molar-refractivity contribution is -0.318. The van der Waals surface area contributed by atoms with Crippen molar-refractivity contribution >= 4 is 59.5 Å². The van der Waals surface area contributed by atoms with Crippen LogP contribution in [0.2, 0.25) is 18.1 Å². The van der Waals surface area contributed by atoms with Gasteiger partial charge in [-0.2, -0.15) is 0 Å². The number of rotatable bonds is 6. The van der Waals surface area contributed by atoms with Crippen molar-refractivity contribution in [3.05, 3.63) is 0 Å². The summed E-state index contributed by atoms with van der Waals surface area (Å²) in [4.78, 5) is 11.5. The fourth-order valence-corrected chi connectivity index (χ4v) is 6.99. The van der Waals surface area contributed by atoms with E-state index in [0.29, 0.717) is 0 Å². The molecule has 2 aliphatic rings. The average Bonchev–Trinajstić information content (AvgIpc) is 2.65. The smallest absolute Gasteiger partial charge is 0.304 e. The molecule has 11 heteroatoms.